The summed E-state index contributed by atoms with van der Waals surface area (Å²) in [7, 11) is 1.29. The van der Waals surface area contributed by atoms with Crippen LogP contribution in [0.5, 0.6) is 5.75 Å². The Morgan fingerprint density at radius 1 is 1.06 bits per heavy atom. The molecule has 1 N–H and O–H groups in total. The van der Waals surface area contributed by atoms with Gasteiger partial charge in [0.15, 0.2) is 11.6 Å². The lowest BCUT2D eigenvalue weighted by molar-refractivity contribution is -0.127. The summed E-state index contributed by atoms with van der Waals surface area (Å²) in [5, 5.41) is 2.74. The zero-order chi connectivity index (χ0) is 23.2. The van der Waals surface area contributed by atoms with Crippen LogP contribution in [0.2, 0.25) is 0 Å². The van der Waals surface area contributed by atoms with Crippen LogP contribution >= 0.6 is 0 Å². The number of rotatable bonds is 7. The minimum absolute atomic E-state index is 0.151. The maximum atomic E-state index is 13.2. The highest BCUT2D eigenvalue weighted by Gasteiger charge is 2.36. The summed E-state index contributed by atoms with van der Waals surface area (Å²) >= 11 is 0. The molecule has 0 fully saturated rings. The van der Waals surface area contributed by atoms with Gasteiger partial charge in [0.05, 0.1) is 18.4 Å². The number of pyridine rings is 1. The first-order valence-electron chi connectivity index (χ1n) is 10.5. The van der Waals surface area contributed by atoms with Crippen LogP contribution in [-0.2, 0) is 14.3 Å². The Morgan fingerprint density at radius 2 is 1.82 bits per heavy atom. The van der Waals surface area contributed by atoms with Gasteiger partial charge < -0.3 is 14.8 Å². The second kappa shape index (κ2) is 9.95. The van der Waals surface area contributed by atoms with Crippen LogP contribution < -0.4 is 15.0 Å². The molecule has 0 saturated carbocycles. The summed E-state index contributed by atoms with van der Waals surface area (Å²) in [5.74, 6) is -0.0789. The molecule has 2 aromatic carbocycles. The van der Waals surface area contributed by atoms with Crippen molar-refractivity contribution < 1.29 is 23.9 Å². The number of para-hydroxylation sites is 1. The molecule has 168 valence electrons. The fourth-order valence-corrected chi connectivity index (χ4v) is 3.65. The fraction of sp³-hybridized carbons (Fsp3) is 0.200. The zero-order valence-electron chi connectivity index (χ0n) is 18.1. The first-order chi connectivity index (χ1) is 16.1. The molecule has 1 aromatic heterocycles. The lowest BCUT2D eigenvalue weighted by atomic mass is 10.1. The van der Waals surface area contributed by atoms with Crippen molar-refractivity contribution >= 4 is 29.3 Å². The molecule has 1 aliphatic heterocycles. The van der Waals surface area contributed by atoms with Crippen molar-refractivity contribution in [2.24, 2.45) is 0 Å². The number of carbonyl (C=O) groups is 3. The Morgan fingerprint density at radius 3 is 2.61 bits per heavy atom. The van der Waals surface area contributed by atoms with Crippen LogP contribution in [-0.4, -0.2) is 36.4 Å². The van der Waals surface area contributed by atoms with Crippen molar-refractivity contribution in [3.05, 3.63) is 84.1 Å². The Kier molecular flexibility index (Phi) is 6.64. The van der Waals surface area contributed by atoms with E-state index in [1.54, 1.807) is 47.5 Å². The largest absolute Gasteiger partial charge is 0.472 e. The number of carbonyl (C=O) groups excluding carboxylic acids is 3. The van der Waals surface area contributed by atoms with Crippen molar-refractivity contribution in [2.75, 3.05) is 23.9 Å². The fourth-order valence-electron chi connectivity index (χ4n) is 3.65. The first-order valence-corrected chi connectivity index (χ1v) is 10.5. The molecule has 33 heavy (non-hydrogen) atoms. The van der Waals surface area contributed by atoms with Gasteiger partial charge in [-0.15, -0.1) is 0 Å². The van der Waals surface area contributed by atoms with E-state index < -0.39 is 12.1 Å². The van der Waals surface area contributed by atoms with Crippen molar-refractivity contribution in [3.8, 4) is 5.75 Å². The molecule has 1 atom stereocenters. The first kappa shape index (κ1) is 22.0. The number of anilines is 2. The molecular weight excluding hydrogens is 422 g/mol. The van der Waals surface area contributed by atoms with E-state index >= 15 is 0 Å². The topological polar surface area (TPSA) is 97.8 Å². The average molecular weight is 445 g/mol. The van der Waals surface area contributed by atoms with Crippen LogP contribution in [0, 0.1) is 0 Å². The van der Waals surface area contributed by atoms with Gasteiger partial charge in [0.1, 0.15) is 0 Å². The molecule has 0 bridgehead atoms. The summed E-state index contributed by atoms with van der Waals surface area (Å²) < 4.78 is 10.7. The number of aromatic nitrogens is 1. The van der Waals surface area contributed by atoms with Gasteiger partial charge >= 0.3 is 5.97 Å². The SMILES string of the molecule is COC(=O)c1ccccc1NC(=O)CCCN1C(=O)[C@@H](c2ccccc2)Oc2cccnc21. The van der Waals surface area contributed by atoms with E-state index in [0.717, 1.165) is 5.56 Å². The van der Waals surface area contributed by atoms with E-state index in [-0.39, 0.29) is 23.8 Å². The van der Waals surface area contributed by atoms with Crippen LogP contribution in [0.4, 0.5) is 11.5 Å². The molecule has 2 amide bonds. The summed E-state index contributed by atoms with van der Waals surface area (Å²) in [4.78, 5) is 43.5. The van der Waals surface area contributed by atoms with E-state index in [4.69, 9.17) is 9.47 Å². The van der Waals surface area contributed by atoms with E-state index in [2.05, 4.69) is 10.3 Å². The third kappa shape index (κ3) is 4.85. The number of benzene rings is 2. The van der Waals surface area contributed by atoms with Crippen molar-refractivity contribution in [1.82, 2.24) is 4.98 Å². The smallest absolute Gasteiger partial charge is 0.339 e. The summed E-state index contributed by atoms with van der Waals surface area (Å²) in [6, 6.07) is 19.4. The number of nitrogens with one attached hydrogen (secondary N) is 1. The monoisotopic (exact) mass is 445 g/mol. The van der Waals surface area contributed by atoms with E-state index in [1.165, 1.54) is 7.11 Å². The summed E-state index contributed by atoms with van der Waals surface area (Å²) in [6.07, 6.45) is 1.37. The molecule has 0 unspecified atom stereocenters. The highest BCUT2D eigenvalue weighted by molar-refractivity contribution is 6.01. The number of methoxy groups -OCH3 is 1. The summed E-state index contributed by atoms with van der Waals surface area (Å²) in [5.41, 5.74) is 1.41. The average Bonchev–Trinajstić information content (AvgIpc) is 2.85. The van der Waals surface area contributed by atoms with Gasteiger partial charge in [-0.25, -0.2) is 9.78 Å². The minimum Gasteiger partial charge on any atom is -0.472 e. The molecule has 0 radical (unpaired) electrons. The molecule has 8 heteroatoms. The third-order valence-corrected chi connectivity index (χ3v) is 5.24. The molecule has 0 aliphatic carbocycles. The van der Waals surface area contributed by atoms with E-state index in [9.17, 15) is 14.4 Å². The maximum absolute atomic E-state index is 13.2. The van der Waals surface area contributed by atoms with Crippen LogP contribution in [0.15, 0.2) is 72.9 Å². The molecule has 3 aromatic rings. The Hall–Kier alpha value is -4.20. The molecule has 0 saturated heterocycles. The standard InChI is InChI=1S/C25H23N3O5/c1-32-25(31)18-11-5-6-12-19(18)27-21(29)14-8-16-28-23-20(13-7-15-26-23)33-22(24(28)30)17-9-3-2-4-10-17/h2-7,9-13,15,22H,8,14,16H2,1H3,(H,27,29)/t22-/m1/s1. The highest BCUT2D eigenvalue weighted by atomic mass is 16.5. The normalized spacial score (nSPS) is 14.8. The van der Waals surface area contributed by atoms with Gasteiger partial charge in [0.25, 0.3) is 5.91 Å². The number of ether oxygens (including phenoxy) is 2. The highest BCUT2D eigenvalue weighted by Crippen LogP contribution is 2.37. The Balaban J connectivity index is 1.44. The predicted octanol–water partition coefficient (Wildman–Crippen LogP) is 3.75. The summed E-state index contributed by atoms with van der Waals surface area (Å²) in [6.45, 7) is 0.293. The molecule has 0 spiro atoms. The number of hydrogen-bond acceptors (Lipinski definition) is 6. The number of fused-ring (bicyclic) bond motifs is 1. The third-order valence-electron chi connectivity index (χ3n) is 5.24. The van der Waals surface area contributed by atoms with Gasteiger partial charge in [0, 0.05) is 24.7 Å². The molecule has 1 aliphatic rings. The van der Waals surface area contributed by atoms with Crippen LogP contribution in [0.25, 0.3) is 0 Å². The van der Waals surface area contributed by atoms with E-state index in [1.807, 2.05) is 30.3 Å². The van der Waals surface area contributed by atoms with Crippen molar-refractivity contribution in [2.45, 2.75) is 18.9 Å². The second-order valence-corrected chi connectivity index (χ2v) is 7.41. The Labute approximate surface area is 191 Å². The van der Waals surface area contributed by atoms with Gasteiger partial charge in [-0.2, -0.15) is 0 Å². The predicted molar refractivity (Wildman–Crippen MR) is 122 cm³/mol. The number of amides is 2. The molecule has 2 heterocycles. The second-order valence-electron chi connectivity index (χ2n) is 7.41. The van der Waals surface area contributed by atoms with E-state index in [0.29, 0.717) is 30.2 Å². The maximum Gasteiger partial charge on any atom is 0.339 e. The molecular formula is C25H23N3O5. The van der Waals surface area contributed by atoms with Crippen LogP contribution in [0.3, 0.4) is 0 Å². The number of esters is 1. The molecule has 8 nitrogen and oxygen atoms in total. The zero-order valence-corrected chi connectivity index (χ0v) is 18.1. The van der Waals surface area contributed by atoms with Crippen molar-refractivity contribution in [1.29, 1.82) is 0 Å². The Bertz CT molecular complexity index is 1170. The van der Waals surface area contributed by atoms with Gasteiger partial charge in [-0.05, 0) is 30.7 Å². The quantitative estimate of drug-likeness (QED) is 0.556. The lowest BCUT2D eigenvalue weighted by Crippen LogP contribution is -2.42. The molecule has 4 rings (SSSR count). The van der Waals surface area contributed by atoms with Crippen molar-refractivity contribution in [3.63, 3.8) is 0 Å². The number of nitrogens with zero attached hydrogens (tertiary/aromatic N) is 2. The minimum atomic E-state index is -0.774. The van der Waals surface area contributed by atoms with Gasteiger partial charge in [0.2, 0.25) is 12.0 Å². The van der Waals surface area contributed by atoms with Gasteiger partial charge in [-0.3, -0.25) is 14.5 Å². The lowest BCUT2D eigenvalue weighted by Gasteiger charge is -2.33. The van der Waals surface area contributed by atoms with Gasteiger partial charge in [-0.1, -0.05) is 42.5 Å². The number of hydrogen-bond donors (Lipinski definition) is 1. The van der Waals surface area contributed by atoms with Crippen LogP contribution in [0.1, 0.15) is 34.9 Å².